The van der Waals surface area contributed by atoms with Crippen LogP contribution < -0.4 is 0 Å². The highest BCUT2D eigenvalue weighted by atomic mass is 16.1. The number of hydrogen-bond donors (Lipinski definition) is 0. The Morgan fingerprint density at radius 3 is 2.71 bits per heavy atom. The van der Waals surface area contributed by atoms with Gasteiger partial charge in [-0.25, -0.2) is 0 Å². The molecule has 0 aliphatic heterocycles. The molecule has 21 heavy (non-hydrogen) atoms. The third-order valence-electron chi connectivity index (χ3n) is 4.59. The van der Waals surface area contributed by atoms with Crippen molar-refractivity contribution in [3.63, 3.8) is 0 Å². The molecule has 0 spiro atoms. The van der Waals surface area contributed by atoms with Crippen LogP contribution in [0.25, 0.3) is 0 Å². The van der Waals surface area contributed by atoms with Crippen LogP contribution in [-0.2, 0) is 11.2 Å². The van der Waals surface area contributed by atoms with Gasteiger partial charge in [-0.3, -0.25) is 9.78 Å². The third kappa shape index (κ3) is 3.21. The lowest BCUT2D eigenvalue weighted by atomic mass is 9.75. The summed E-state index contributed by atoms with van der Waals surface area (Å²) in [5.74, 6) is 1.04. The molecule has 0 saturated heterocycles. The van der Waals surface area contributed by atoms with E-state index in [-0.39, 0.29) is 5.92 Å². The first kappa shape index (κ1) is 14.0. The van der Waals surface area contributed by atoms with Crippen molar-refractivity contribution in [3.8, 4) is 0 Å². The molecule has 1 heterocycles. The van der Waals surface area contributed by atoms with E-state index in [9.17, 15) is 4.79 Å². The summed E-state index contributed by atoms with van der Waals surface area (Å²) >= 11 is 0. The zero-order valence-corrected chi connectivity index (χ0v) is 12.5. The molecule has 0 N–H and O–H groups in total. The fraction of sp³-hybridized carbons (Fsp3) is 0.368. The van der Waals surface area contributed by atoms with Crippen molar-refractivity contribution in [3.05, 3.63) is 65.5 Å². The number of carbonyl (C=O) groups excluding carboxylic acids is 1. The number of nitrogens with zero attached hydrogens (tertiary/aromatic N) is 1. The van der Waals surface area contributed by atoms with E-state index in [4.69, 9.17) is 0 Å². The second kappa shape index (κ2) is 6.21. The van der Waals surface area contributed by atoms with Crippen molar-refractivity contribution in [2.75, 3.05) is 0 Å². The van der Waals surface area contributed by atoms with Gasteiger partial charge in [-0.2, -0.15) is 0 Å². The third-order valence-corrected chi connectivity index (χ3v) is 4.59. The summed E-state index contributed by atoms with van der Waals surface area (Å²) < 4.78 is 0. The van der Waals surface area contributed by atoms with Gasteiger partial charge in [-0.15, -0.1) is 0 Å². The molecule has 0 amide bonds. The first-order chi connectivity index (χ1) is 10.2. The Morgan fingerprint density at radius 1 is 1.14 bits per heavy atom. The molecule has 1 aliphatic carbocycles. The van der Waals surface area contributed by atoms with Crippen molar-refractivity contribution >= 4 is 5.78 Å². The van der Waals surface area contributed by atoms with Crippen molar-refractivity contribution in [2.24, 2.45) is 5.92 Å². The van der Waals surface area contributed by atoms with E-state index in [0.29, 0.717) is 18.1 Å². The van der Waals surface area contributed by atoms with E-state index in [1.54, 1.807) is 0 Å². The number of Topliss-reactive ketones (excluding diaryl/α,β-unsaturated/α-hetero) is 1. The number of ketones is 1. The SMILES string of the molecule is Cc1cccnc1CC1CC(c2ccccc2)CCC1=O. The summed E-state index contributed by atoms with van der Waals surface area (Å²) in [5.41, 5.74) is 3.63. The summed E-state index contributed by atoms with van der Waals surface area (Å²) in [7, 11) is 0. The lowest BCUT2D eigenvalue weighted by Crippen LogP contribution is -2.26. The largest absolute Gasteiger partial charge is 0.299 e. The van der Waals surface area contributed by atoms with Gasteiger partial charge in [0, 0.05) is 24.2 Å². The molecular weight excluding hydrogens is 258 g/mol. The molecule has 1 aromatic carbocycles. The second-order valence-corrected chi connectivity index (χ2v) is 6.02. The quantitative estimate of drug-likeness (QED) is 0.847. The maximum Gasteiger partial charge on any atom is 0.136 e. The van der Waals surface area contributed by atoms with E-state index in [1.165, 1.54) is 11.1 Å². The molecule has 0 radical (unpaired) electrons. The van der Waals surface area contributed by atoms with Crippen LogP contribution in [0.3, 0.4) is 0 Å². The van der Waals surface area contributed by atoms with Gasteiger partial charge in [0.05, 0.1) is 0 Å². The lowest BCUT2D eigenvalue weighted by Gasteiger charge is -2.28. The molecule has 2 atom stereocenters. The van der Waals surface area contributed by atoms with Crippen LogP contribution in [-0.4, -0.2) is 10.8 Å². The molecule has 0 bridgehead atoms. The van der Waals surface area contributed by atoms with Crippen molar-refractivity contribution in [2.45, 2.75) is 38.5 Å². The van der Waals surface area contributed by atoms with E-state index in [2.05, 4.69) is 42.2 Å². The summed E-state index contributed by atoms with van der Waals surface area (Å²) in [6.07, 6.45) is 5.26. The topological polar surface area (TPSA) is 30.0 Å². The summed E-state index contributed by atoms with van der Waals surface area (Å²) in [5, 5.41) is 0. The molecule has 1 aliphatic rings. The number of pyridine rings is 1. The zero-order chi connectivity index (χ0) is 14.7. The number of aromatic nitrogens is 1. The molecule has 108 valence electrons. The summed E-state index contributed by atoms with van der Waals surface area (Å²) in [4.78, 5) is 16.7. The molecule has 2 heteroatoms. The summed E-state index contributed by atoms with van der Waals surface area (Å²) in [6.45, 7) is 2.07. The minimum atomic E-state index is 0.123. The van der Waals surface area contributed by atoms with Crippen molar-refractivity contribution in [1.82, 2.24) is 4.98 Å². The number of benzene rings is 1. The molecule has 2 aromatic rings. The Balaban J connectivity index is 1.75. The van der Waals surface area contributed by atoms with Gasteiger partial charge in [-0.05, 0) is 49.3 Å². The van der Waals surface area contributed by atoms with Crippen LogP contribution in [0.4, 0.5) is 0 Å². The zero-order valence-electron chi connectivity index (χ0n) is 12.5. The fourth-order valence-electron chi connectivity index (χ4n) is 3.30. The van der Waals surface area contributed by atoms with Gasteiger partial charge >= 0.3 is 0 Å². The van der Waals surface area contributed by atoms with Crippen LogP contribution in [0.5, 0.6) is 0 Å². The number of aryl methyl sites for hydroxylation is 1. The minimum absolute atomic E-state index is 0.123. The Morgan fingerprint density at radius 2 is 1.95 bits per heavy atom. The first-order valence-corrected chi connectivity index (χ1v) is 7.72. The number of hydrogen-bond acceptors (Lipinski definition) is 2. The molecule has 2 unspecified atom stereocenters. The number of rotatable bonds is 3. The molecule has 2 nitrogen and oxygen atoms in total. The van der Waals surface area contributed by atoms with Crippen LogP contribution in [0.15, 0.2) is 48.7 Å². The van der Waals surface area contributed by atoms with Gasteiger partial charge in [0.1, 0.15) is 5.78 Å². The normalized spacial score (nSPS) is 22.2. The Hall–Kier alpha value is -1.96. The lowest BCUT2D eigenvalue weighted by molar-refractivity contribution is -0.124. The van der Waals surface area contributed by atoms with E-state index in [0.717, 1.165) is 25.0 Å². The molecule has 1 aromatic heterocycles. The van der Waals surface area contributed by atoms with Crippen LogP contribution in [0, 0.1) is 12.8 Å². The van der Waals surface area contributed by atoms with Gasteiger partial charge in [0.2, 0.25) is 0 Å². The smallest absolute Gasteiger partial charge is 0.136 e. The Bertz CT molecular complexity index is 620. The minimum Gasteiger partial charge on any atom is -0.299 e. The van der Waals surface area contributed by atoms with Crippen molar-refractivity contribution in [1.29, 1.82) is 0 Å². The maximum atomic E-state index is 12.3. The first-order valence-electron chi connectivity index (χ1n) is 7.72. The van der Waals surface area contributed by atoms with Crippen molar-refractivity contribution < 1.29 is 4.79 Å². The Kier molecular flexibility index (Phi) is 4.14. The predicted octanol–water partition coefficient (Wildman–Crippen LogP) is 4.09. The van der Waals surface area contributed by atoms with Crippen LogP contribution >= 0.6 is 0 Å². The van der Waals surface area contributed by atoms with Gasteiger partial charge in [0.15, 0.2) is 0 Å². The Labute approximate surface area is 126 Å². The average molecular weight is 279 g/mol. The fourth-order valence-corrected chi connectivity index (χ4v) is 3.30. The maximum absolute atomic E-state index is 12.3. The predicted molar refractivity (Wildman–Crippen MR) is 84.2 cm³/mol. The standard InChI is InChI=1S/C19H21NO/c1-14-6-5-11-20-18(14)13-17-12-16(9-10-19(17)21)15-7-3-2-4-8-15/h2-8,11,16-17H,9-10,12-13H2,1H3. The molecule has 3 rings (SSSR count). The highest BCUT2D eigenvalue weighted by molar-refractivity contribution is 5.82. The van der Waals surface area contributed by atoms with Crippen LogP contribution in [0.2, 0.25) is 0 Å². The van der Waals surface area contributed by atoms with E-state index >= 15 is 0 Å². The molecule has 1 saturated carbocycles. The molecular formula is C19H21NO. The van der Waals surface area contributed by atoms with Gasteiger partial charge in [-0.1, -0.05) is 36.4 Å². The average Bonchev–Trinajstić information content (AvgIpc) is 2.52. The van der Waals surface area contributed by atoms with E-state index in [1.807, 2.05) is 18.3 Å². The van der Waals surface area contributed by atoms with Crippen LogP contribution in [0.1, 0.15) is 42.0 Å². The highest BCUT2D eigenvalue weighted by Crippen LogP contribution is 2.35. The summed E-state index contributed by atoms with van der Waals surface area (Å²) in [6, 6.07) is 14.6. The van der Waals surface area contributed by atoms with Gasteiger partial charge < -0.3 is 0 Å². The van der Waals surface area contributed by atoms with E-state index < -0.39 is 0 Å². The van der Waals surface area contributed by atoms with Gasteiger partial charge in [0.25, 0.3) is 0 Å². The second-order valence-electron chi connectivity index (χ2n) is 6.02. The molecule has 1 fully saturated rings. The monoisotopic (exact) mass is 279 g/mol. The highest BCUT2D eigenvalue weighted by Gasteiger charge is 2.30. The number of carbonyl (C=O) groups is 1.